The predicted octanol–water partition coefficient (Wildman–Crippen LogP) is 4.46. The van der Waals surface area contributed by atoms with Crippen molar-refractivity contribution in [1.82, 2.24) is 15.6 Å². The average molecular weight is 386 g/mol. The van der Waals surface area contributed by atoms with Crippen LogP contribution in [0.4, 0.5) is 0 Å². The fourth-order valence-corrected chi connectivity index (χ4v) is 4.56. The van der Waals surface area contributed by atoms with Crippen LogP contribution < -0.4 is 5.43 Å². The number of aryl methyl sites for hydroxylation is 3. The summed E-state index contributed by atoms with van der Waals surface area (Å²) in [6.07, 6.45) is 3.84. The van der Waals surface area contributed by atoms with Gasteiger partial charge in [0.05, 0.1) is 11.9 Å². The highest BCUT2D eigenvalue weighted by atomic mass is 32.1. The van der Waals surface area contributed by atoms with E-state index in [-0.39, 0.29) is 5.91 Å². The summed E-state index contributed by atoms with van der Waals surface area (Å²) in [6.45, 7) is 2.01. The molecule has 0 unspecified atom stereocenters. The molecule has 5 nitrogen and oxygen atoms in total. The molecule has 0 spiro atoms. The number of nitrogens with one attached hydrogen (secondary N) is 2. The normalized spacial score (nSPS) is 12.9. The van der Waals surface area contributed by atoms with Crippen molar-refractivity contribution < 1.29 is 4.79 Å². The lowest BCUT2D eigenvalue weighted by Gasteiger charge is -2.06. The van der Waals surface area contributed by atoms with Gasteiger partial charge in [-0.15, -0.1) is 11.3 Å². The lowest BCUT2D eigenvalue weighted by molar-refractivity contribution is 0.0950. The van der Waals surface area contributed by atoms with E-state index in [1.165, 1.54) is 21.9 Å². The molecule has 4 aromatic rings. The second-order valence-electron chi connectivity index (χ2n) is 6.95. The third-order valence-corrected chi connectivity index (χ3v) is 6.18. The molecule has 2 aromatic carbocycles. The number of rotatable bonds is 4. The Balaban J connectivity index is 1.41. The van der Waals surface area contributed by atoms with Gasteiger partial charge >= 0.3 is 0 Å². The largest absolute Gasteiger partial charge is 0.289 e. The predicted molar refractivity (Wildman–Crippen MR) is 113 cm³/mol. The monoisotopic (exact) mass is 386 g/mol. The molecule has 0 saturated carbocycles. The number of aromatic amines is 1. The van der Waals surface area contributed by atoms with Crippen LogP contribution in [0.15, 0.2) is 52.9 Å². The maximum Gasteiger partial charge on any atom is 0.289 e. The standard InChI is InChI=1S/C22H18N4OS/c1-13-9-10-28-20(13)12-23-26-22(27)19-11-18(24-25-19)16-8-7-15-6-5-14-3-2-4-17(16)21(14)15/h2-4,7-12H,5-6H2,1H3,(H,24,25)(H,26,27). The molecule has 28 heavy (non-hydrogen) atoms. The topological polar surface area (TPSA) is 70.1 Å². The Morgan fingerprint density at radius 1 is 1.21 bits per heavy atom. The molecule has 1 aliphatic carbocycles. The van der Waals surface area contributed by atoms with Crippen molar-refractivity contribution in [1.29, 1.82) is 0 Å². The Bertz CT molecular complexity index is 1220. The van der Waals surface area contributed by atoms with Gasteiger partial charge in [0, 0.05) is 10.4 Å². The molecule has 138 valence electrons. The zero-order valence-corrected chi connectivity index (χ0v) is 16.1. The van der Waals surface area contributed by atoms with Gasteiger partial charge in [0.1, 0.15) is 5.69 Å². The molecule has 6 heteroatoms. The third-order valence-electron chi connectivity index (χ3n) is 5.22. The Hall–Kier alpha value is -3.25. The van der Waals surface area contributed by atoms with Gasteiger partial charge in [0.25, 0.3) is 5.91 Å². The summed E-state index contributed by atoms with van der Waals surface area (Å²) < 4.78 is 0. The molecule has 1 aliphatic rings. The number of aromatic nitrogens is 2. The first kappa shape index (κ1) is 16.9. The molecule has 0 aliphatic heterocycles. The summed E-state index contributed by atoms with van der Waals surface area (Å²) >= 11 is 1.59. The van der Waals surface area contributed by atoms with Crippen LogP contribution in [0.2, 0.25) is 0 Å². The van der Waals surface area contributed by atoms with E-state index in [4.69, 9.17) is 0 Å². The highest BCUT2D eigenvalue weighted by molar-refractivity contribution is 7.11. The summed E-state index contributed by atoms with van der Waals surface area (Å²) in [5.74, 6) is -0.310. The fourth-order valence-electron chi connectivity index (χ4n) is 3.77. The van der Waals surface area contributed by atoms with E-state index in [0.29, 0.717) is 5.69 Å². The minimum atomic E-state index is -0.310. The van der Waals surface area contributed by atoms with Gasteiger partial charge in [-0.25, -0.2) is 5.43 Å². The van der Waals surface area contributed by atoms with Gasteiger partial charge in [0.2, 0.25) is 0 Å². The number of H-pyrrole nitrogens is 1. The highest BCUT2D eigenvalue weighted by Gasteiger charge is 2.18. The Kier molecular flexibility index (Phi) is 4.06. The third kappa shape index (κ3) is 2.82. The van der Waals surface area contributed by atoms with Crippen LogP contribution in [0.3, 0.4) is 0 Å². The molecule has 2 N–H and O–H groups in total. The number of hydrogen-bond acceptors (Lipinski definition) is 4. The molecule has 0 atom stereocenters. The van der Waals surface area contributed by atoms with E-state index in [1.54, 1.807) is 23.6 Å². The van der Waals surface area contributed by atoms with Gasteiger partial charge in [-0.05, 0) is 64.7 Å². The van der Waals surface area contributed by atoms with Crippen LogP contribution in [0.5, 0.6) is 0 Å². The number of hydrogen-bond donors (Lipinski definition) is 2. The second-order valence-corrected chi connectivity index (χ2v) is 7.89. The number of hydrazone groups is 1. The summed E-state index contributed by atoms with van der Waals surface area (Å²) in [5.41, 5.74) is 8.67. The smallest absolute Gasteiger partial charge is 0.272 e. The number of thiophene rings is 1. The Labute approximate surface area is 166 Å². The van der Waals surface area contributed by atoms with Crippen LogP contribution in [-0.2, 0) is 12.8 Å². The number of nitrogens with zero attached hydrogens (tertiary/aromatic N) is 2. The molecule has 2 heterocycles. The molecule has 1 amide bonds. The van der Waals surface area contributed by atoms with Gasteiger partial charge in [-0.2, -0.15) is 10.2 Å². The van der Waals surface area contributed by atoms with Crippen LogP contribution >= 0.6 is 11.3 Å². The van der Waals surface area contributed by atoms with Crippen molar-refractivity contribution in [3.05, 3.63) is 75.1 Å². The maximum absolute atomic E-state index is 12.4. The van der Waals surface area contributed by atoms with Crippen molar-refractivity contribution in [3.8, 4) is 11.3 Å². The number of benzene rings is 2. The SMILES string of the molecule is Cc1ccsc1C=NNC(=O)c1cc(-c2ccc3c4c(cccc24)CC3)n[nH]1. The van der Waals surface area contributed by atoms with E-state index in [0.717, 1.165) is 34.5 Å². The van der Waals surface area contributed by atoms with Gasteiger partial charge < -0.3 is 0 Å². The van der Waals surface area contributed by atoms with Crippen molar-refractivity contribution in [3.63, 3.8) is 0 Å². The molecule has 5 rings (SSSR count). The van der Waals surface area contributed by atoms with Crippen LogP contribution in [0.25, 0.3) is 22.0 Å². The number of carbonyl (C=O) groups excluding carboxylic acids is 1. The van der Waals surface area contributed by atoms with Crippen molar-refractivity contribution in [2.75, 3.05) is 0 Å². The van der Waals surface area contributed by atoms with Gasteiger partial charge in [-0.3, -0.25) is 9.89 Å². The van der Waals surface area contributed by atoms with E-state index in [1.807, 2.05) is 18.4 Å². The quantitative estimate of drug-likeness (QED) is 0.401. The molecule has 0 fully saturated rings. The zero-order valence-electron chi connectivity index (χ0n) is 15.3. The van der Waals surface area contributed by atoms with E-state index in [9.17, 15) is 4.79 Å². The molecule has 0 saturated heterocycles. The lowest BCUT2D eigenvalue weighted by atomic mass is 9.98. The first-order valence-corrected chi connectivity index (χ1v) is 10.1. The van der Waals surface area contributed by atoms with E-state index >= 15 is 0 Å². The minimum absolute atomic E-state index is 0.310. The van der Waals surface area contributed by atoms with Crippen LogP contribution in [0, 0.1) is 6.92 Å². The lowest BCUT2D eigenvalue weighted by Crippen LogP contribution is -2.17. The maximum atomic E-state index is 12.4. The van der Waals surface area contributed by atoms with Gasteiger partial charge in [-0.1, -0.05) is 30.3 Å². The fraction of sp³-hybridized carbons (Fsp3) is 0.136. The number of amides is 1. The van der Waals surface area contributed by atoms with Crippen molar-refractivity contribution >= 4 is 34.2 Å². The van der Waals surface area contributed by atoms with E-state index < -0.39 is 0 Å². The highest BCUT2D eigenvalue weighted by Crippen LogP contribution is 2.36. The first-order chi connectivity index (χ1) is 13.7. The minimum Gasteiger partial charge on any atom is -0.272 e. The number of carbonyl (C=O) groups is 1. The summed E-state index contributed by atoms with van der Waals surface area (Å²) in [6, 6.07) is 14.5. The molecular weight excluding hydrogens is 368 g/mol. The molecule has 0 radical (unpaired) electrons. The summed E-state index contributed by atoms with van der Waals surface area (Å²) in [4.78, 5) is 13.4. The van der Waals surface area contributed by atoms with Crippen molar-refractivity contribution in [2.45, 2.75) is 19.8 Å². The first-order valence-electron chi connectivity index (χ1n) is 9.17. The summed E-state index contributed by atoms with van der Waals surface area (Å²) in [7, 11) is 0. The van der Waals surface area contributed by atoms with E-state index in [2.05, 4.69) is 51.1 Å². The molecular formula is C22H18N4OS. The Morgan fingerprint density at radius 2 is 2.07 bits per heavy atom. The summed E-state index contributed by atoms with van der Waals surface area (Å²) in [5, 5.41) is 15.8. The molecule has 0 bridgehead atoms. The molecule has 2 aromatic heterocycles. The van der Waals surface area contributed by atoms with Crippen molar-refractivity contribution in [2.24, 2.45) is 5.10 Å². The zero-order chi connectivity index (χ0) is 19.1. The van der Waals surface area contributed by atoms with Gasteiger partial charge in [0.15, 0.2) is 0 Å². The second kappa shape index (κ2) is 6.73. The average Bonchev–Trinajstić information content (AvgIpc) is 3.44. The Morgan fingerprint density at radius 3 is 2.89 bits per heavy atom. The van der Waals surface area contributed by atoms with Crippen LogP contribution in [-0.4, -0.2) is 22.3 Å². The van der Waals surface area contributed by atoms with Crippen LogP contribution in [0.1, 0.15) is 32.1 Å².